The van der Waals surface area contributed by atoms with E-state index in [2.05, 4.69) is 10.6 Å². The predicted octanol–water partition coefficient (Wildman–Crippen LogP) is 3.20. The van der Waals surface area contributed by atoms with Crippen molar-refractivity contribution < 1.29 is 4.79 Å². The highest BCUT2D eigenvalue weighted by Crippen LogP contribution is 2.04. The average Bonchev–Trinajstić information content (AvgIpc) is 2.53. The normalized spacial score (nSPS) is 10.4. The molecule has 0 fully saturated rings. The summed E-state index contributed by atoms with van der Waals surface area (Å²) in [6.45, 7) is 2.61. The lowest BCUT2D eigenvalue weighted by Gasteiger charge is -2.07. The molecule has 1 amide bonds. The number of carbonyl (C=O) groups is 1. The highest BCUT2D eigenvalue weighted by Gasteiger charge is 2.00. The first-order valence-electron chi connectivity index (χ1n) is 7.01. The van der Waals surface area contributed by atoms with Crippen LogP contribution >= 0.6 is 12.2 Å². The van der Waals surface area contributed by atoms with Gasteiger partial charge < -0.3 is 5.32 Å². The van der Waals surface area contributed by atoms with Crippen LogP contribution in [-0.2, 0) is 11.3 Å². The topological polar surface area (TPSA) is 41.1 Å². The molecule has 0 aliphatic heterocycles. The van der Waals surface area contributed by atoms with Crippen LogP contribution in [0.15, 0.2) is 60.7 Å². The van der Waals surface area contributed by atoms with E-state index in [1.165, 1.54) is 11.6 Å². The number of nitrogens with one attached hydrogen (secondary N) is 2. The zero-order valence-electron chi connectivity index (χ0n) is 12.4. The molecule has 112 valence electrons. The van der Waals surface area contributed by atoms with Crippen molar-refractivity contribution in [2.24, 2.45) is 0 Å². The van der Waals surface area contributed by atoms with Crippen LogP contribution in [-0.4, -0.2) is 11.0 Å². The molecule has 0 aromatic heterocycles. The predicted molar refractivity (Wildman–Crippen MR) is 94.2 cm³/mol. The molecule has 0 unspecified atom stereocenters. The van der Waals surface area contributed by atoms with Crippen molar-refractivity contribution in [3.63, 3.8) is 0 Å². The molecule has 0 atom stereocenters. The third-order valence-corrected chi connectivity index (χ3v) is 3.28. The van der Waals surface area contributed by atoms with Gasteiger partial charge in [-0.1, -0.05) is 60.2 Å². The van der Waals surface area contributed by atoms with Crippen molar-refractivity contribution >= 4 is 29.3 Å². The molecule has 2 aromatic rings. The highest BCUT2D eigenvalue weighted by atomic mass is 32.1. The van der Waals surface area contributed by atoms with Gasteiger partial charge in [-0.3, -0.25) is 10.1 Å². The van der Waals surface area contributed by atoms with Crippen LogP contribution in [0.25, 0.3) is 6.08 Å². The molecule has 0 bridgehead atoms. The number of hydrogen-bond donors (Lipinski definition) is 2. The lowest BCUT2D eigenvalue weighted by Crippen LogP contribution is -2.37. The maximum atomic E-state index is 11.8. The standard InChI is InChI=1S/C18H18N2OS/c1-14-7-9-15(10-8-14)11-12-17(21)20-18(22)19-13-16-5-3-2-4-6-16/h2-12H,13H2,1H3,(H2,19,20,21,22). The number of amides is 1. The first kappa shape index (κ1) is 15.9. The fourth-order valence-electron chi connectivity index (χ4n) is 1.83. The van der Waals surface area contributed by atoms with Crippen LogP contribution in [0.1, 0.15) is 16.7 Å². The lowest BCUT2D eigenvalue weighted by molar-refractivity contribution is -0.115. The molecular weight excluding hydrogens is 292 g/mol. The Morgan fingerprint density at radius 2 is 1.77 bits per heavy atom. The molecule has 0 saturated heterocycles. The molecule has 4 heteroatoms. The van der Waals surface area contributed by atoms with Crippen LogP contribution in [0, 0.1) is 6.92 Å². The molecule has 3 nitrogen and oxygen atoms in total. The molecule has 2 N–H and O–H groups in total. The summed E-state index contributed by atoms with van der Waals surface area (Å²) in [7, 11) is 0. The fraction of sp³-hybridized carbons (Fsp3) is 0.111. The molecule has 0 radical (unpaired) electrons. The van der Waals surface area contributed by atoms with Gasteiger partial charge in [-0.2, -0.15) is 0 Å². The van der Waals surface area contributed by atoms with Gasteiger partial charge in [0.2, 0.25) is 5.91 Å². The van der Waals surface area contributed by atoms with Crippen molar-refractivity contribution in [3.05, 3.63) is 77.4 Å². The summed E-state index contributed by atoms with van der Waals surface area (Å²) in [5, 5.41) is 5.95. The summed E-state index contributed by atoms with van der Waals surface area (Å²) in [5.74, 6) is -0.244. The van der Waals surface area contributed by atoms with Gasteiger partial charge in [0.15, 0.2) is 5.11 Å². The highest BCUT2D eigenvalue weighted by molar-refractivity contribution is 7.80. The van der Waals surface area contributed by atoms with Gasteiger partial charge in [-0.05, 0) is 36.3 Å². The van der Waals surface area contributed by atoms with Gasteiger partial charge >= 0.3 is 0 Å². The minimum absolute atomic E-state index is 0.244. The Hall–Kier alpha value is -2.46. The molecule has 22 heavy (non-hydrogen) atoms. The summed E-state index contributed by atoms with van der Waals surface area (Å²) >= 11 is 5.10. The van der Waals surface area contributed by atoms with Gasteiger partial charge in [0.05, 0.1) is 0 Å². The van der Waals surface area contributed by atoms with Gasteiger partial charge in [-0.25, -0.2) is 0 Å². The molecule has 0 spiro atoms. The number of aryl methyl sites for hydroxylation is 1. The summed E-state index contributed by atoms with van der Waals surface area (Å²) in [5.41, 5.74) is 3.27. The van der Waals surface area contributed by atoms with Crippen molar-refractivity contribution in [1.29, 1.82) is 0 Å². The van der Waals surface area contributed by atoms with E-state index in [-0.39, 0.29) is 5.91 Å². The van der Waals surface area contributed by atoms with Crippen molar-refractivity contribution in [1.82, 2.24) is 10.6 Å². The monoisotopic (exact) mass is 310 g/mol. The van der Waals surface area contributed by atoms with E-state index in [1.54, 1.807) is 6.08 Å². The first-order chi connectivity index (χ1) is 10.6. The molecule has 0 aliphatic carbocycles. The van der Waals surface area contributed by atoms with E-state index in [1.807, 2.05) is 61.5 Å². The van der Waals surface area contributed by atoms with Gasteiger partial charge in [0.25, 0.3) is 0 Å². The number of thiocarbonyl (C=S) groups is 1. The van der Waals surface area contributed by atoms with Crippen molar-refractivity contribution in [3.8, 4) is 0 Å². The van der Waals surface area contributed by atoms with Crippen molar-refractivity contribution in [2.45, 2.75) is 13.5 Å². The third kappa shape index (κ3) is 5.50. The summed E-state index contributed by atoms with van der Waals surface area (Å²) in [6.07, 6.45) is 3.23. The number of benzene rings is 2. The minimum Gasteiger partial charge on any atom is -0.358 e. The SMILES string of the molecule is Cc1ccc(C=CC(=O)NC(=S)NCc2ccccc2)cc1. The minimum atomic E-state index is -0.244. The van der Waals surface area contributed by atoms with E-state index in [9.17, 15) is 4.79 Å². The maximum absolute atomic E-state index is 11.8. The Labute approximate surface area is 136 Å². The Morgan fingerprint density at radius 1 is 1.09 bits per heavy atom. The Balaban J connectivity index is 1.78. The Morgan fingerprint density at radius 3 is 2.45 bits per heavy atom. The van der Waals surface area contributed by atoms with Gasteiger partial charge in [-0.15, -0.1) is 0 Å². The Kier molecular flexibility index (Phi) is 5.86. The quantitative estimate of drug-likeness (QED) is 0.673. The second-order valence-electron chi connectivity index (χ2n) is 4.90. The largest absolute Gasteiger partial charge is 0.358 e. The molecule has 2 aromatic carbocycles. The smallest absolute Gasteiger partial charge is 0.250 e. The molecular formula is C18H18N2OS. The van der Waals surface area contributed by atoms with Crippen LogP contribution in [0.2, 0.25) is 0 Å². The number of rotatable bonds is 4. The van der Waals surface area contributed by atoms with Crippen molar-refractivity contribution in [2.75, 3.05) is 0 Å². The first-order valence-corrected chi connectivity index (χ1v) is 7.42. The number of hydrogen-bond acceptors (Lipinski definition) is 2. The van der Waals surface area contributed by atoms with E-state index in [0.717, 1.165) is 11.1 Å². The zero-order valence-corrected chi connectivity index (χ0v) is 13.2. The molecule has 0 heterocycles. The fourth-order valence-corrected chi connectivity index (χ4v) is 2.00. The van der Waals surface area contributed by atoms with Crippen LogP contribution in [0.3, 0.4) is 0 Å². The van der Waals surface area contributed by atoms with Crippen LogP contribution in [0.5, 0.6) is 0 Å². The van der Waals surface area contributed by atoms with E-state index >= 15 is 0 Å². The molecule has 0 aliphatic rings. The number of carbonyl (C=O) groups excluding carboxylic acids is 1. The maximum Gasteiger partial charge on any atom is 0.250 e. The van der Waals surface area contributed by atoms with E-state index < -0.39 is 0 Å². The summed E-state index contributed by atoms with van der Waals surface area (Å²) in [4.78, 5) is 11.8. The second kappa shape index (κ2) is 8.10. The molecule has 2 rings (SSSR count). The summed E-state index contributed by atoms with van der Waals surface area (Å²) < 4.78 is 0. The van der Waals surface area contributed by atoms with Crippen LogP contribution in [0.4, 0.5) is 0 Å². The third-order valence-electron chi connectivity index (χ3n) is 3.04. The average molecular weight is 310 g/mol. The van der Waals surface area contributed by atoms with E-state index in [0.29, 0.717) is 11.7 Å². The van der Waals surface area contributed by atoms with Crippen LogP contribution < -0.4 is 10.6 Å². The van der Waals surface area contributed by atoms with E-state index in [4.69, 9.17) is 12.2 Å². The summed E-state index contributed by atoms with van der Waals surface area (Å²) in [6, 6.07) is 17.8. The zero-order chi connectivity index (χ0) is 15.8. The lowest BCUT2D eigenvalue weighted by atomic mass is 10.1. The van der Waals surface area contributed by atoms with Gasteiger partial charge in [0, 0.05) is 12.6 Å². The Bertz CT molecular complexity index is 663. The van der Waals surface area contributed by atoms with Gasteiger partial charge in [0.1, 0.15) is 0 Å². The second-order valence-corrected chi connectivity index (χ2v) is 5.31. The molecule has 0 saturated carbocycles.